The molecule has 0 spiro atoms. The fourth-order valence-corrected chi connectivity index (χ4v) is 4.57. The molecule has 2 atom stereocenters. The van der Waals surface area contributed by atoms with Gasteiger partial charge < -0.3 is 14.9 Å². The smallest absolute Gasteiger partial charge is 0.435 e. The van der Waals surface area contributed by atoms with Gasteiger partial charge in [-0.1, -0.05) is 40.5 Å². The van der Waals surface area contributed by atoms with E-state index in [4.69, 9.17) is 32.8 Å². The SMILES string of the molecule is CCNC(=O)OC1CCc2cc(C3=NOC(c4cc(Cl)cc(Cl)c4)(C(F)(F)F)C3)ccc21. The topological polar surface area (TPSA) is 59.9 Å². The molecule has 5 nitrogen and oxygen atoms in total. The summed E-state index contributed by atoms with van der Waals surface area (Å²) in [4.78, 5) is 16.8. The van der Waals surface area contributed by atoms with Crippen molar-refractivity contribution in [1.29, 1.82) is 0 Å². The average Bonchev–Trinajstić information content (AvgIpc) is 3.32. The van der Waals surface area contributed by atoms with E-state index < -0.39 is 30.4 Å². The highest BCUT2D eigenvalue weighted by Gasteiger charge is 2.62. The lowest BCUT2D eigenvalue weighted by Crippen LogP contribution is -2.42. The van der Waals surface area contributed by atoms with E-state index in [0.717, 1.165) is 11.1 Å². The Balaban J connectivity index is 1.60. The number of alkyl halides is 3. The lowest BCUT2D eigenvalue weighted by Gasteiger charge is -2.29. The van der Waals surface area contributed by atoms with Gasteiger partial charge in [0.05, 0.1) is 5.71 Å². The number of halogens is 5. The average molecular weight is 487 g/mol. The summed E-state index contributed by atoms with van der Waals surface area (Å²) in [5.74, 6) is 0. The van der Waals surface area contributed by atoms with Crippen molar-refractivity contribution in [3.8, 4) is 0 Å². The predicted octanol–water partition coefficient (Wildman–Crippen LogP) is 6.31. The summed E-state index contributed by atoms with van der Waals surface area (Å²) in [6.07, 6.45) is -4.94. The van der Waals surface area contributed by atoms with Gasteiger partial charge in [-0.25, -0.2) is 4.79 Å². The Hall–Kier alpha value is -2.45. The molecule has 0 bridgehead atoms. The zero-order valence-corrected chi connectivity index (χ0v) is 18.4. The number of hydrogen-bond acceptors (Lipinski definition) is 4. The Morgan fingerprint density at radius 2 is 1.97 bits per heavy atom. The van der Waals surface area contributed by atoms with Gasteiger partial charge >= 0.3 is 12.3 Å². The molecule has 1 aliphatic carbocycles. The van der Waals surface area contributed by atoms with Crippen LogP contribution in [0.5, 0.6) is 0 Å². The molecule has 170 valence electrons. The van der Waals surface area contributed by atoms with Crippen molar-refractivity contribution in [1.82, 2.24) is 5.32 Å². The molecule has 0 saturated carbocycles. The zero-order chi connectivity index (χ0) is 23.1. The van der Waals surface area contributed by atoms with Gasteiger partial charge in [-0.3, -0.25) is 0 Å². The number of rotatable bonds is 4. The molecular formula is C22H19Cl2F3N2O3. The molecule has 2 aromatic rings. The van der Waals surface area contributed by atoms with Gasteiger partial charge in [0, 0.05) is 28.6 Å². The molecule has 0 aromatic heterocycles. The molecule has 32 heavy (non-hydrogen) atoms. The molecule has 0 radical (unpaired) electrons. The largest absolute Gasteiger partial charge is 0.441 e. The normalized spacial score (nSPS) is 22.2. The molecule has 2 unspecified atom stereocenters. The van der Waals surface area contributed by atoms with E-state index in [-0.39, 0.29) is 21.3 Å². The molecular weight excluding hydrogens is 468 g/mol. The number of hydrogen-bond donors (Lipinski definition) is 1. The Labute approximate surface area is 192 Å². The van der Waals surface area contributed by atoms with Crippen LogP contribution in [0.15, 0.2) is 41.6 Å². The maximum atomic E-state index is 14.2. The number of ether oxygens (including phenoxy) is 1. The van der Waals surface area contributed by atoms with Crippen LogP contribution in [0.4, 0.5) is 18.0 Å². The third-order valence-electron chi connectivity index (χ3n) is 5.58. The van der Waals surface area contributed by atoms with Crippen molar-refractivity contribution >= 4 is 35.0 Å². The molecule has 1 N–H and O–H groups in total. The molecule has 0 fully saturated rings. The van der Waals surface area contributed by atoms with Gasteiger partial charge in [0.2, 0.25) is 0 Å². The lowest BCUT2D eigenvalue weighted by atomic mass is 9.86. The highest BCUT2D eigenvalue weighted by atomic mass is 35.5. The van der Waals surface area contributed by atoms with Gasteiger partial charge in [0.25, 0.3) is 5.60 Å². The third kappa shape index (κ3) is 4.13. The van der Waals surface area contributed by atoms with E-state index in [9.17, 15) is 18.0 Å². The van der Waals surface area contributed by atoms with E-state index in [1.54, 1.807) is 25.1 Å². The number of amides is 1. The second-order valence-corrected chi connectivity index (χ2v) is 8.54. The Morgan fingerprint density at radius 1 is 1.25 bits per heavy atom. The fourth-order valence-electron chi connectivity index (χ4n) is 4.04. The molecule has 2 aliphatic rings. The van der Waals surface area contributed by atoms with Gasteiger partial charge in [-0.05, 0) is 60.7 Å². The Bertz CT molecular complexity index is 1070. The van der Waals surface area contributed by atoms with Crippen LogP contribution in [0.3, 0.4) is 0 Å². The van der Waals surface area contributed by atoms with Gasteiger partial charge in [0.15, 0.2) is 0 Å². The maximum absolute atomic E-state index is 14.2. The first kappa shape index (κ1) is 22.7. The van der Waals surface area contributed by atoms with Crippen LogP contribution in [0.25, 0.3) is 0 Å². The molecule has 1 aliphatic heterocycles. The van der Waals surface area contributed by atoms with Crippen molar-refractivity contribution in [2.24, 2.45) is 5.16 Å². The van der Waals surface area contributed by atoms with E-state index in [2.05, 4.69) is 10.5 Å². The van der Waals surface area contributed by atoms with Crippen molar-refractivity contribution in [2.75, 3.05) is 6.54 Å². The van der Waals surface area contributed by atoms with Gasteiger partial charge in [0.1, 0.15) is 6.10 Å². The first-order valence-electron chi connectivity index (χ1n) is 9.99. The maximum Gasteiger partial charge on any atom is 0.435 e. The Morgan fingerprint density at radius 3 is 2.62 bits per heavy atom. The summed E-state index contributed by atoms with van der Waals surface area (Å²) in [5.41, 5.74) is -0.480. The van der Waals surface area contributed by atoms with Crippen LogP contribution in [-0.2, 0) is 21.6 Å². The van der Waals surface area contributed by atoms with E-state index in [1.807, 2.05) is 0 Å². The number of nitrogens with zero attached hydrogens (tertiary/aromatic N) is 1. The number of aryl methyl sites for hydroxylation is 1. The second-order valence-electron chi connectivity index (χ2n) is 7.67. The lowest BCUT2D eigenvalue weighted by molar-refractivity contribution is -0.275. The third-order valence-corrected chi connectivity index (χ3v) is 6.02. The van der Waals surface area contributed by atoms with Crippen molar-refractivity contribution < 1.29 is 27.5 Å². The minimum absolute atomic E-state index is 0.0730. The fraction of sp³-hybridized carbons (Fsp3) is 0.364. The standard InChI is InChI=1S/C22H19Cl2F3N2O3/c1-2-28-20(30)31-19-6-4-12-7-13(3-5-17(12)19)18-11-21(32-29-18,22(25,26)27)14-8-15(23)10-16(24)9-14/h3,5,7-10,19H,2,4,6,11H2,1H3,(H,28,30). The highest BCUT2D eigenvalue weighted by molar-refractivity contribution is 6.34. The summed E-state index contributed by atoms with van der Waals surface area (Å²) < 4.78 is 47.9. The first-order chi connectivity index (χ1) is 15.1. The van der Waals surface area contributed by atoms with E-state index >= 15 is 0 Å². The van der Waals surface area contributed by atoms with Crippen LogP contribution < -0.4 is 5.32 Å². The number of oxime groups is 1. The number of nitrogens with one attached hydrogen (secondary N) is 1. The number of fused-ring (bicyclic) bond motifs is 1. The van der Waals surface area contributed by atoms with Crippen LogP contribution in [-0.4, -0.2) is 24.5 Å². The number of alkyl carbamates (subject to hydrolysis) is 1. The summed E-state index contributed by atoms with van der Waals surface area (Å²) in [7, 11) is 0. The molecule has 0 saturated heterocycles. The van der Waals surface area contributed by atoms with Crippen LogP contribution in [0.2, 0.25) is 10.0 Å². The Kier molecular flexibility index (Phi) is 6.02. The number of benzene rings is 2. The first-order valence-corrected chi connectivity index (χ1v) is 10.7. The number of carbonyl (C=O) groups is 1. The summed E-state index contributed by atoms with van der Waals surface area (Å²) in [6, 6.07) is 8.92. The van der Waals surface area contributed by atoms with Crippen molar-refractivity contribution in [2.45, 2.75) is 44.1 Å². The van der Waals surface area contributed by atoms with Crippen molar-refractivity contribution in [3.05, 3.63) is 68.7 Å². The van der Waals surface area contributed by atoms with Crippen molar-refractivity contribution in [3.63, 3.8) is 0 Å². The molecule has 10 heteroatoms. The highest BCUT2D eigenvalue weighted by Crippen LogP contribution is 2.50. The predicted molar refractivity (Wildman–Crippen MR) is 114 cm³/mol. The molecule has 4 rings (SSSR count). The summed E-state index contributed by atoms with van der Waals surface area (Å²) in [5, 5.41) is 6.52. The van der Waals surface area contributed by atoms with Gasteiger partial charge in [-0.15, -0.1) is 0 Å². The molecule has 1 heterocycles. The minimum Gasteiger partial charge on any atom is -0.441 e. The van der Waals surface area contributed by atoms with E-state index in [1.165, 1.54) is 18.2 Å². The zero-order valence-electron chi connectivity index (χ0n) is 16.9. The van der Waals surface area contributed by atoms with Crippen LogP contribution in [0.1, 0.15) is 48.1 Å². The summed E-state index contributed by atoms with van der Waals surface area (Å²) in [6.45, 7) is 2.24. The molecule has 1 amide bonds. The monoisotopic (exact) mass is 486 g/mol. The van der Waals surface area contributed by atoms with Crippen LogP contribution in [0, 0.1) is 0 Å². The minimum atomic E-state index is -4.76. The van der Waals surface area contributed by atoms with Crippen LogP contribution >= 0.6 is 23.2 Å². The van der Waals surface area contributed by atoms with Gasteiger partial charge in [-0.2, -0.15) is 13.2 Å². The summed E-state index contributed by atoms with van der Waals surface area (Å²) >= 11 is 11.9. The second kappa shape index (κ2) is 8.48. The quantitative estimate of drug-likeness (QED) is 0.550. The van der Waals surface area contributed by atoms with E-state index in [0.29, 0.717) is 24.9 Å². The molecule has 2 aromatic carbocycles. The number of carbonyl (C=O) groups excluding carboxylic acids is 1.